The monoisotopic (exact) mass is 480 g/mol. The quantitative estimate of drug-likeness (QED) is 0.368. The zero-order valence-corrected chi connectivity index (χ0v) is 20.3. The van der Waals surface area contributed by atoms with Crippen LogP contribution in [0.25, 0.3) is 23.0 Å². The summed E-state index contributed by atoms with van der Waals surface area (Å²) < 4.78 is 16.2. The van der Waals surface area contributed by atoms with Crippen LogP contribution in [-0.2, 0) is 0 Å². The van der Waals surface area contributed by atoms with Crippen molar-refractivity contribution in [2.24, 2.45) is 0 Å². The number of hydrogen-bond donors (Lipinski definition) is 0. The first-order valence-electron chi connectivity index (χ1n) is 12.2. The smallest absolute Gasteiger partial charge is 0.272 e. The Labute approximate surface area is 211 Å². The minimum absolute atomic E-state index is 0.0925. The largest absolute Gasteiger partial charge is 0.335 e. The van der Waals surface area contributed by atoms with Crippen LogP contribution in [0.15, 0.2) is 91.0 Å². The minimum Gasteiger partial charge on any atom is -0.335 e. The molecule has 0 saturated carbocycles. The van der Waals surface area contributed by atoms with E-state index in [1.807, 2.05) is 54.3 Å². The van der Waals surface area contributed by atoms with E-state index < -0.39 is 0 Å². The fraction of sp³-hybridized carbons (Fsp3) is 0.200. The Morgan fingerprint density at radius 2 is 1.61 bits per heavy atom. The van der Waals surface area contributed by atoms with E-state index in [4.69, 9.17) is 0 Å². The highest BCUT2D eigenvalue weighted by Crippen LogP contribution is 2.25. The van der Waals surface area contributed by atoms with Crippen LogP contribution in [0, 0.1) is 12.7 Å². The molecule has 0 atom stereocenters. The highest BCUT2D eigenvalue weighted by molar-refractivity contribution is 5.94. The molecule has 1 aliphatic rings. The van der Waals surface area contributed by atoms with Gasteiger partial charge < -0.3 is 4.90 Å². The Hall–Kier alpha value is -4.03. The van der Waals surface area contributed by atoms with Crippen molar-refractivity contribution >= 4 is 12.0 Å². The summed E-state index contributed by atoms with van der Waals surface area (Å²) in [5.74, 6) is -0.452. The highest BCUT2D eigenvalue weighted by Gasteiger charge is 2.26. The summed E-state index contributed by atoms with van der Waals surface area (Å²) in [7, 11) is 0. The Bertz CT molecular complexity index is 1350. The van der Waals surface area contributed by atoms with Crippen molar-refractivity contribution in [1.82, 2.24) is 19.6 Å². The van der Waals surface area contributed by atoms with Gasteiger partial charge in [0, 0.05) is 38.3 Å². The molecule has 0 spiro atoms. The van der Waals surface area contributed by atoms with Crippen molar-refractivity contribution < 1.29 is 9.18 Å². The number of piperazine rings is 1. The van der Waals surface area contributed by atoms with Crippen LogP contribution in [-0.4, -0.2) is 58.2 Å². The lowest BCUT2D eigenvalue weighted by molar-refractivity contribution is 0.0641. The molecule has 36 heavy (non-hydrogen) atoms. The number of aryl methyl sites for hydroxylation is 1. The number of amides is 1. The lowest BCUT2D eigenvalue weighted by Crippen LogP contribution is -2.49. The molecule has 1 saturated heterocycles. The minimum atomic E-state index is -0.359. The van der Waals surface area contributed by atoms with Crippen molar-refractivity contribution in [3.63, 3.8) is 0 Å². The third-order valence-corrected chi connectivity index (χ3v) is 6.49. The van der Waals surface area contributed by atoms with Gasteiger partial charge in [0.2, 0.25) is 0 Å². The number of carbonyl (C=O) groups is 1. The van der Waals surface area contributed by atoms with E-state index >= 15 is 0 Å². The average Bonchev–Trinajstić information content (AvgIpc) is 3.35. The normalized spacial score (nSPS) is 14.4. The molecular weight excluding hydrogens is 451 g/mol. The summed E-state index contributed by atoms with van der Waals surface area (Å²) in [5.41, 5.74) is 4.34. The second kappa shape index (κ2) is 10.7. The van der Waals surface area contributed by atoms with Crippen molar-refractivity contribution in [2.75, 3.05) is 32.7 Å². The van der Waals surface area contributed by atoms with Crippen LogP contribution >= 0.6 is 0 Å². The van der Waals surface area contributed by atoms with E-state index in [1.165, 1.54) is 11.6 Å². The van der Waals surface area contributed by atoms with Gasteiger partial charge in [-0.2, -0.15) is 5.10 Å². The summed E-state index contributed by atoms with van der Waals surface area (Å²) in [6.45, 7) is 5.71. The lowest BCUT2D eigenvalue weighted by Gasteiger charge is -2.34. The standard InChI is InChI=1S/C30H29FN4O/c1-23-13-15-25(16-14-23)35-29(22-28(32-35)26-11-5-6-12-27(26)31)30(36)34-20-18-33(19-21-34)17-7-10-24-8-3-2-4-9-24/h2-16,22H,17-21H2,1H3/b10-7+. The maximum absolute atomic E-state index is 14.5. The molecule has 2 heterocycles. The van der Waals surface area contributed by atoms with Gasteiger partial charge in [-0.25, -0.2) is 9.07 Å². The van der Waals surface area contributed by atoms with Gasteiger partial charge in [-0.15, -0.1) is 0 Å². The maximum atomic E-state index is 14.5. The van der Waals surface area contributed by atoms with Gasteiger partial charge in [0.05, 0.1) is 11.4 Å². The summed E-state index contributed by atoms with van der Waals surface area (Å²) in [4.78, 5) is 17.8. The van der Waals surface area contributed by atoms with E-state index in [-0.39, 0.29) is 11.7 Å². The molecule has 0 radical (unpaired) electrons. The molecule has 182 valence electrons. The molecule has 3 aromatic carbocycles. The van der Waals surface area contributed by atoms with Crippen molar-refractivity contribution in [2.45, 2.75) is 6.92 Å². The SMILES string of the molecule is Cc1ccc(-n2nc(-c3ccccc3F)cc2C(=O)N2CCN(C/C=C/c3ccccc3)CC2)cc1. The molecule has 0 aliphatic carbocycles. The second-order valence-electron chi connectivity index (χ2n) is 9.05. The summed E-state index contributed by atoms with van der Waals surface area (Å²) in [5, 5.41) is 4.65. The fourth-order valence-corrected chi connectivity index (χ4v) is 4.41. The topological polar surface area (TPSA) is 41.4 Å². The predicted molar refractivity (Wildman–Crippen MR) is 142 cm³/mol. The third kappa shape index (κ3) is 5.29. The number of hydrogen-bond acceptors (Lipinski definition) is 3. The van der Waals surface area contributed by atoms with E-state index in [2.05, 4.69) is 34.3 Å². The predicted octanol–water partition coefficient (Wildman–Crippen LogP) is 5.46. The molecule has 5 rings (SSSR count). The van der Waals surface area contributed by atoms with Gasteiger partial charge in [-0.1, -0.05) is 72.3 Å². The lowest BCUT2D eigenvalue weighted by atomic mass is 10.1. The van der Waals surface area contributed by atoms with Crippen LogP contribution in [0.1, 0.15) is 21.6 Å². The zero-order chi connectivity index (χ0) is 24.9. The number of carbonyl (C=O) groups excluding carboxylic acids is 1. The molecule has 1 aromatic heterocycles. The maximum Gasteiger partial charge on any atom is 0.272 e. The zero-order valence-electron chi connectivity index (χ0n) is 20.3. The van der Waals surface area contributed by atoms with E-state index in [0.29, 0.717) is 30.0 Å². The van der Waals surface area contributed by atoms with Gasteiger partial charge in [-0.05, 0) is 42.8 Å². The molecule has 1 aliphatic heterocycles. The van der Waals surface area contributed by atoms with Crippen molar-refractivity contribution in [3.8, 4) is 16.9 Å². The number of benzene rings is 3. The summed E-state index contributed by atoms with van der Waals surface area (Å²) in [6, 6.07) is 26.3. The second-order valence-corrected chi connectivity index (χ2v) is 9.05. The molecular formula is C30H29FN4O. The molecule has 1 amide bonds. The van der Waals surface area contributed by atoms with Crippen LogP contribution in [0.4, 0.5) is 4.39 Å². The van der Waals surface area contributed by atoms with Gasteiger partial charge in [0.15, 0.2) is 0 Å². The molecule has 5 nitrogen and oxygen atoms in total. The van der Waals surface area contributed by atoms with Crippen LogP contribution < -0.4 is 0 Å². The van der Waals surface area contributed by atoms with Gasteiger partial charge in [0.25, 0.3) is 5.91 Å². The first-order valence-corrected chi connectivity index (χ1v) is 12.2. The number of rotatable bonds is 6. The van der Waals surface area contributed by atoms with Crippen LogP contribution in [0.2, 0.25) is 0 Å². The first-order chi connectivity index (χ1) is 17.6. The number of halogens is 1. The molecule has 0 unspecified atom stereocenters. The molecule has 0 N–H and O–H groups in total. The van der Waals surface area contributed by atoms with E-state index in [1.54, 1.807) is 28.9 Å². The molecule has 0 bridgehead atoms. The first kappa shape index (κ1) is 23.7. The molecule has 4 aromatic rings. The molecule has 6 heteroatoms. The number of aromatic nitrogens is 2. The summed E-state index contributed by atoms with van der Waals surface area (Å²) >= 11 is 0. The van der Waals surface area contributed by atoms with E-state index in [9.17, 15) is 9.18 Å². The summed E-state index contributed by atoms with van der Waals surface area (Å²) in [6.07, 6.45) is 4.29. The highest BCUT2D eigenvalue weighted by atomic mass is 19.1. The fourth-order valence-electron chi connectivity index (χ4n) is 4.41. The van der Waals surface area contributed by atoms with E-state index in [0.717, 1.165) is 30.9 Å². The van der Waals surface area contributed by atoms with Gasteiger partial charge in [-0.3, -0.25) is 9.69 Å². The number of nitrogens with zero attached hydrogens (tertiary/aromatic N) is 4. The molecule has 1 fully saturated rings. The van der Waals surface area contributed by atoms with Crippen LogP contribution in [0.5, 0.6) is 0 Å². The Morgan fingerprint density at radius 1 is 0.917 bits per heavy atom. The Morgan fingerprint density at radius 3 is 2.33 bits per heavy atom. The van der Waals surface area contributed by atoms with Crippen molar-refractivity contribution in [3.05, 3.63) is 114 Å². The Kier molecular flexibility index (Phi) is 7.05. The van der Waals surface area contributed by atoms with Crippen molar-refractivity contribution in [1.29, 1.82) is 0 Å². The van der Waals surface area contributed by atoms with Crippen LogP contribution in [0.3, 0.4) is 0 Å². The Balaban J connectivity index is 1.33. The van der Waals surface area contributed by atoms with Gasteiger partial charge >= 0.3 is 0 Å². The average molecular weight is 481 g/mol. The third-order valence-electron chi connectivity index (χ3n) is 6.49. The van der Waals surface area contributed by atoms with Gasteiger partial charge in [0.1, 0.15) is 11.5 Å².